The zero-order valence-corrected chi connectivity index (χ0v) is 29.3. The highest BCUT2D eigenvalue weighted by atomic mass is 127. The summed E-state index contributed by atoms with van der Waals surface area (Å²) in [4.78, 5) is 49.1. The second kappa shape index (κ2) is 17.2. The Morgan fingerprint density at radius 3 is 2.48 bits per heavy atom. The van der Waals surface area contributed by atoms with Gasteiger partial charge in [-0.1, -0.05) is 23.4 Å². The van der Waals surface area contributed by atoms with Crippen LogP contribution in [-0.2, 0) is 30.6 Å². The number of carbonyl (C=O) groups is 3. The molecular weight excluding hydrogens is 751 g/mol. The molecule has 2 aliphatic rings. The monoisotopic (exact) mass is 788 g/mol. The number of aliphatic hydroxyl groups is 2. The number of esters is 1. The Hall–Kier alpha value is -3.10. The molecule has 2 aromatic rings. The van der Waals surface area contributed by atoms with Crippen LogP contribution in [0.25, 0.3) is 0 Å². The molecule has 250 valence electrons. The molecule has 17 heteroatoms. The zero-order chi connectivity index (χ0) is 32.6. The zero-order valence-electron chi connectivity index (χ0n) is 25.6. The number of ether oxygens (including phenoxy) is 2. The van der Waals surface area contributed by atoms with Crippen molar-refractivity contribution in [2.75, 3.05) is 65.6 Å². The maximum Gasteiger partial charge on any atom is 0.335 e. The van der Waals surface area contributed by atoms with Crippen LogP contribution in [0.4, 0.5) is 5.13 Å². The number of nitrogen functional groups attached to an aromatic ring is 1. The summed E-state index contributed by atoms with van der Waals surface area (Å²) in [5, 5.41) is 25.1. The van der Waals surface area contributed by atoms with E-state index in [1.807, 2.05) is 13.1 Å². The molecule has 1 saturated carbocycles. The third-order valence-corrected chi connectivity index (χ3v) is 9.54. The van der Waals surface area contributed by atoms with E-state index >= 15 is 0 Å². The summed E-state index contributed by atoms with van der Waals surface area (Å²) >= 11 is 2.33. The Balaban J connectivity index is 0.00000576. The van der Waals surface area contributed by atoms with Gasteiger partial charge in [0.15, 0.2) is 10.9 Å². The van der Waals surface area contributed by atoms with E-state index in [2.05, 4.69) is 19.8 Å². The number of amides is 1. The maximum absolute atomic E-state index is 13.6. The number of hydrogen-bond acceptors (Lipinski definition) is 14. The number of ketones is 1. The number of hydrogen-bond donors (Lipinski definition) is 4. The van der Waals surface area contributed by atoms with Gasteiger partial charge in [-0.3, -0.25) is 9.59 Å². The lowest BCUT2D eigenvalue weighted by Crippen LogP contribution is -3.00. The standard InChI is InChI=1S/C29H36N6O8S2.HI/c1-35(11-13-36,12-14-37)10-4-5-18-16-44-25-21(20(18)28(40)43-15-17-6-8-19(41-2)9-7-17)24(38)22(25)31-27(39)23(33-42-3)26-32-29(30)45-34-26;/h4-9,21-22,25,36-37H,10-16H2,1-3H3,(H2-,30,31,32,34,39);1H/b5-4+,33-23-;/t21?,22-,25+;/m1./s1. The van der Waals surface area contributed by atoms with Crippen molar-refractivity contribution < 1.29 is 67.4 Å². The molecule has 0 spiro atoms. The fourth-order valence-corrected chi connectivity index (χ4v) is 7.01. The number of nitrogens with two attached hydrogens (primary N) is 1. The second-order valence-electron chi connectivity index (χ2n) is 10.6. The van der Waals surface area contributed by atoms with Gasteiger partial charge >= 0.3 is 5.97 Å². The van der Waals surface area contributed by atoms with Gasteiger partial charge in [-0.15, -0.1) is 0 Å². The number of thioether (sulfide) groups is 1. The van der Waals surface area contributed by atoms with E-state index in [9.17, 15) is 24.6 Å². The predicted octanol–water partition coefficient (Wildman–Crippen LogP) is -2.69. The third-order valence-electron chi connectivity index (χ3n) is 7.59. The van der Waals surface area contributed by atoms with E-state index in [4.69, 9.17) is 20.0 Å². The molecular formula is C29H37IN6O8S2. The van der Waals surface area contributed by atoms with Gasteiger partial charge in [-0.2, -0.15) is 21.1 Å². The van der Waals surface area contributed by atoms with Crippen molar-refractivity contribution in [1.82, 2.24) is 14.7 Å². The van der Waals surface area contributed by atoms with Gasteiger partial charge in [-0.05, 0) is 29.3 Å². The highest BCUT2D eigenvalue weighted by Gasteiger charge is 2.56. The van der Waals surface area contributed by atoms with Crippen LogP contribution < -0.4 is 39.8 Å². The number of halogens is 1. The Labute approximate surface area is 291 Å². The number of methoxy groups -OCH3 is 1. The summed E-state index contributed by atoms with van der Waals surface area (Å²) in [5.74, 6) is -1.45. The number of anilines is 1. The largest absolute Gasteiger partial charge is 1.00 e. The first kappa shape index (κ1) is 37.4. The van der Waals surface area contributed by atoms with Crippen molar-refractivity contribution in [1.29, 1.82) is 0 Å². The first-order valence-corrected chi connectivity index (χ1v) is 15.9. The number of aromatic nitrogens is 2. The predicted molar refractivity (Wildman–Crippen MR) is 168 cm³/mol. The lowest BCUT2D eigenvalue weighted by atomic mass is 9.71. The van der Waals surface area contributed by atoms with Crippen molar-refractivity contribution in [2.45, 2.75) is 17.9 Å². The van der Waals surface area contributed by atoms with Crippen LogP contribution >= 0.6 is 23.3 Å². The van der Waals surface area contributed by atoms with Crippen LogP contribution in [0.5, 0.6) is 5.75 Å². The molecule has 1 fully saturated rings. The smallest absolute Gasteiger partial charge is 0.335 e. The summed E-state index contributed by atoms with van der Waals surface area (Å²) in [6.07, 6.45) is 3.68. The molecule has 0 bridgehead atoms. The van der Waals surface area contributed by atoms with E-state index in [-0.39, 0.29) is 71.8 Å². The minimum atomic E-state index is -0.894. The average molecular weight is 789 g/mol. The molecule has 14 nitrogen and oxygen atoms in total. The summed E-state index contributed by atoms with van der Waals surface area (Å²) in [7, 11) is 4.74. The minimum absolute atomic E-state index is 0. The molecule has 5 N–H and O–H groups in total. The third kappa shape index (κ3) is 8.82. The number of carbonyl (C=O) groups excluding carboxylic acids is 3. The van der Waals surface area contributed by atoms with Crippen LogP contribution in [0.15, 0.2) is 52.7 Å². The fourth-order valence-electron chi connectivity index (χ4n) is 5.09. The highest BCUT2D eigenvalue weighted by molar-refractivity contribution is 8.00. The van der Waals surface area contributed by atoms with Gasteiger partial charge in [0.05, 0.1) is 45.4 Å². The topological polar surface area (TPSA) is 196 Å². The number of likely N-dealkylation sites (N-methyl/N-ethyl adjacent to an activating group) is 1. The van der Waals surface area contributed by atoms with Gasteiger partial charge in [0.2, 0.25) is 11.5 Å². The quantitative estimate of drug-likeness (QED) is 0.0481. The number of allylic oxidation sites excluding steroid dienone is 1. The summed E-state index contributed by atoms with van der Waals surface area (Å²) < 4.78 is 15.3. The van der Waals surface area contributed by atoms with Gasteiger partial charge in [-0.25, -0.2) is 4.79 Å². The number of rotatable bonds is 15. The van der Waals surface area contributed by atoms with Crippen LogP contribution in [0.2, 0.25) is 0 Å². The Bertz CT molecular complexity index is 1480. The van der Waals surface area contributed by atoms with E-state index in [1.54, 1.807) is 37.5 Å². The van der Waals surface area contributed by atoms with Crippen molar-refractivity contribution in [3.8, 4) is 5.75 Å². The first-order valence-electron chi connectivity index (χ1n) is 14.1. The Morgan fingerprint density at radius 2 is 1.89 bits per heavy atom. The average Bonchev–Trinajstić information content (AvgIpc) is 3.46. The molecule has 1 aromatic carbocycles. The Morgan fingerprint density at radius 1 is 1.20 bits per heavy atom. The number of Topliss-reactive ketones (excluding diaryl/α,β-unsaturated/α-hetero) is 1. The number of oxime groups is 1. The first-order chi connectivity index (χ1) is 21.6. The molecule has 2 heterocycles. The number of aliphatic hydroxyl groups excluding tert-OH is 2. The number of nitrogens with one attached hydrogen (secondary N) is 1. The molecule has 1 amide bonds. The molecule has 1 unspecified atom stereocenters. The molecule has 46 heavy (non-hydrogen) atoms. The van der Waals surface area contributed by atoms with Crippen LogP contribution in [0.1, 0.15) is 11.4 Å². The molecule has 1 aromatic heterocycles. The Kier molecular flexibility index (Phi) is 13.9. The minimum Gasteiger partial charge on any atom is -1.00 e. The van der Waals surface area contributed by atoms with Gasteiger partial charge in [0.25, 0.3) is 5.91 Å². The number of fused-ring (bicyclic) bond motifs is 1. The summed E-state index contributed by atoms with van der Waals surface area (Å²) in [5.41, 5.74) is 7.06. The van der Waals surface area contributed by atoms with Gasteiger partial charge < -0.3 is 64.0 Å². The second-order valence-corrected chi connectivity index (χ2v) is 12.6. The maximum atomic E-state index is 13.6. The summed E-state index contributed by atoms with van der Waals surface area (Å²) in [6, 6.07) is 6.20. The van der Waals surface area contributed by atoms with Crippen molar-refractivity contribution >= 4 is 51.8 Å². The van der Waals surface area contributed by atoms with E-state index in [1.165, 1.54) is 18.9 Å². The van der Waals surface area contributed by atoms with Gasteiger partial charge in [0.1, 0.15) is 38.6 Å². The van der Waals surface area contributed by atoms with Crippen LogP contribution in [0, 0.1) is 5.92 Å². The SMILES string of the molecule is CO/N=C(\C(=O)N[C@@H]1C(=O)C2C(C(=O)OCc3ccc(OC)cc3)=C(/C=C/C[N+](C)(CCO)CCO)CS[C@@H]21)c1nsc(N)n1.[I-]. The van der Waals surface area contributed by atoms with E-state index in [0.717, 1.165) is 17.1 Å². The van der Waals surface area contributed by atoms with Crippen molar-refractivity contribution in [3.05, 3.63) is 59.0 Å². The molecule has 0 radical (unpaired) electrons. The molecule has 4 rings (SSSR count). The molecule has 1 aliphatic heterocycles. The van der Waals surface area contributed by atoms with E-state index in [0.29, 0.717) is 41.2 Å². The molecule has 3 atom stereocenters. The van der Waals surface area contributed by atoms with E-state index < -0.39 is 29.1 Å². The van der Waals surface area contributed by atoms with Crippen molar-refractivity contribution in [2.24, 2.45) is 11.1 Å². The number of quaternary nitrogens is 1. The lowest BCUT2D eigenvalue weighted by molar-refractivity contribution is -0.904. The number of nitrogens with zero attached hydrogens (tertiary/aromatic N) is 4. The fraction of sp³-hybridized carbons (Fsp3) is 0.448. The highest BCUT2D eigenvalue weighted by Crippen LogP contribution is 2.46. The normalized spacial score (nSPS) is 19.6. The molecule has 1 aliphatic carbocycles. The van der Waals surface area contributed by atoms with Crippen molar-refractivity contribution in [3.63, 3.8) is 0 Å². The van der Waals surface area contributed by atoms with Gasteiger partial charge in [0, 0.05) is 22.5 Å². The number of benzene rings is 1. The lowest BCUT2D eigenvalue weighted by Gasteiger charge is -2.46. The van der Waals surface area contributed by atoms with Crippen LogP contribution in [-0.4, -0.2) is 119 Å². The summed E-state index contributed by atoms with van der Waals surface area (Å²) in [6.45, 7) is 1.28. The molecule has 0 saturated heterocycles. The van der Waals surface area contributed by atoms with Crippen LogP contribution in [0.3, 0.4) is 0 Å².